The minimum Gasteiger partial charge on any atom is -0.478 e. The van der Waals surface area contributed by atoms with Crippen molar-refractivity contribution in [3.05, 3.63) is 40.4 Å². The first-order valence-corrected chi connectivity index (χ1v) is 6.85. The molecule has 1 fully saturated rings. The summed E-state index contributed by atoms with van der Waals surface area (Å²) in [6.45, 7) is 3.68. The van der Waals surface area contributed by atoms with Crippen molar-refractivity contribution < 1.29 is 14.7 Å². The van der Waals surface area contributed by atoms with Crippen LogP contribution in [0, 0.1) is 5.92 Å². The van der Waals surface area contributed by atoms with Gasteiger partial charge in [0.1, 0.15) is 0 Å². The van der Waals surface area contributed by atoms with Crippen LogP contribution in [0.2, 0.25) is 5.02 Å². The quantitative estimate of drug-likeness (QED) is 0.872. The summed E-state index contributed by atoms with van der Waals surface area (Å²) in [6.07, 6.45) is 3.46. The van der Waals surface area contributed by atoms with Gasteiger partial charge in [0.05, 0.1) is 0 Å². The number of carbonyl (C=O) groups is 2. The van der Waals surface area contributed by atoms with Gasteiger partial charge < -0.3 is 10.0 Å². The molecule has 1 atom stereocenters. The average Bonchev–Trinajstić information content (AvgIpc) is 2.83. The van der Waals surface area contributed by atoms with Gasteiger partial charge in [0.2, 0.25) is 0 Å². The molecule has 20 heavy (non-hydrogen) atoms. The molecule has 2 rings (SSSR count). The summed E-state index contributed by atoms with van der Waals surface area (Å²) < 4.78 is 0. The number of carboxylic acids is 1. The highest BCUT2D eigenvalue weighted by Gasteiger charge is 2.24. The van der Waals surface area contributed by atoms with Crippen LogP contribution in [-0.2, 0) is 4.79 Å². The van der Waals surface area contributed by atoms with Crippen molar-refractivity contribution in [2.45, 2.75) is 13.3 Å². The van der Waals surface area contributed by atoms with Gasteiger partial charge in [-0.05, 0) is 36.1 Å². The van der Waals surface area contributed by atoms with Crippen LogP contribution < -0.4 is 0 Å². The van der Waals surface area contributed by atoms with Gasteiger partial charge in [0.25, 0.3) is 5.91 Å². The van der Waals surface area contributed by atoms with E-state index in [-0.39, 0.29) is 5.91 Å². The highest BCUT2D eigenvalue weighted by Crippen LogP contribution is 2.23. The Hall–Kier alpha value is -1.81. The van der Waals surface area contributed by atoms with Crippen molar-refractivity contribution in [2.24, 2.45) is 5.92 Å². The Morgan fingerprint density at radius 3 is 2.75 bits per heavy atom. The van der Waals surface area contributed by atoms with E-state index in [4.69, 9.17) is 16.7 Å². The van der Waals surface area contributed by atoms with Gasteiger partial charge in [-0.15, -0.1) is 0 Å². The molecular weight excluding hydrogens is 278 g/mol. The van der Waals surface area contributed by atoms with Crippen LogP contribution in [0.4, 0.5) is 0 Å². The van der Waals surface area contributed by atoms with Crippen LogP contribution in [-0.4, -0.2) is 35.0 Å². The molecule has 4 nitrogen and oxygen atoms in total. The van der Waals surface area contributed by atoms with Gasteiger partial charge in [0, 0.05) is 29.8 Å². The van der Waals surface area contributed by atoms with Crippen LogP contribution >= 0.6 is 11.6 Å². The lowest BCUT2D eigenvalue weighted by atomic mass is 10.1. The minimum absolute atomic E-state index is 0.0231. The molecule has 1 saturated heterocycles. The maximum atomic E-state index is 12.3. The van der Waals surface area contributed by atoms with Crippen LogP contribution in [0.1, 0.15) is 29.3 Å². The van der Waals surface area contributed by atoms with Crippen molar-refractivity contribution in [1.82, 2.24) is 4.90 Å². The van der Waals surface area contributed by atoms with E-state index in [0.29, 0.717) is 22.1 Å². The van der Waals surface area contributed by atoms with Crippen molar-refractivity contribution in [1.29, 1.82) is 0 Å². The lowest BCUT2D eigenvalue weighted by Crippen LogP contribution is -2.28. The van der Waals surface area contributed by atoms with Crippen molar-refractivity contribution in [3.63, 3.8) is 0 Å². The van der Waals surface area contributed by atoms with E-state index in [0.717, 1.165) is 25.6 Å². The number of carbonyl (C=O) groups excluding carboxylic acids is 1. The zero-order valence-electron chi connectivity index (χ0n) is 11.2. The number of nitrogens with zero attached hydrogens (tertiary/aromatic N) is 1. The standard InChI is InChI=1S/C15H16ClNO3/c1-10-6-7-17(9-10)15(20)12-3-2-11(13(16)8-12)4-5-14(18)19/h2-5,8,10H,6-7,9H2,1H3,(H,18,19)/b5-4+. The number of likely N-dealkylation sites (tertiary alicyclic amines) is 1. The molecular formula is C15H16ClNO3. The largest absolute Gasteiger partial charge is 0.478 e. The van der Waals surface area contributed by atoms with Crippen LogP contribution in [0.25, 0.3) is 6.08 Å². The van der Waals surface area contributed by atoms with Crippen molar-refractivity contribution >= 4 is 29.6 Å². The lowest BCUT2D eigenvalue weighted by Gasteiger charge is -2.16. The van der Waals surface area contributed by atoms with E-state index in [1.54, 1.807) is 18.2 Å². The Balaban J connectivity index is 2.16. The molecule has 1 unspecified atom stereocenters. The number of carboxylic acid groups (broad SMARTS) is 1. The molecule has 1 aliphatic heterocycles. The lowest BCUT2D eigenvalue weighted by molar-refractivity contribution is -0.131. The molecule has 1 N–H and O–H groups in total. The molecule has 0 aliphatic carbocycles. The van der Waals surface area contributed by atoms with Gasteiger partial charge in [-0.3, -0.25) is 4.79 Å². The molecule has 1 amide bonds. The Kier molecular flexibility index (Phi) is 4.45. The Morgan fingerprint density at radius 2 is 2.20 bits per heavy atom. The first-order chi connectivity index (χ1) is 9.47. The van der Waals surface area contributed by atoms with Gasteiger partial charge in [0.15, 0.2) is 0 Å². The fourth-order valence-corrected chi connectivity index (χ4v) is 2.50. The fraction of sp³-hybridized carbons (Fsp3) is 0.333. The van der Waals surface area contributed by atoms with Crippen LogP contribution in [0.3, 0.4) is 0 Å². The monoisotopic (exact) mass is 293 g/mol. The summed E-state index contributed by atoms with van der Waals surface area (Å²) in [7, 11) is 0. The molecule has 0 saturated carbocycles. The van der Waals surface area contributed by atoms with Crippen LogP contribution in [0.5, 0.6) is 0 Å². The van der Waals surface area contributed by atoms with Crippen molar-refractivity contribution in [3.8, 4) is 0 Å². The summed E-state index contributed by atoms with van der Waals surface area (Å²) in [5.74, 6) is -0.524. The number of hydrogen-bond acceptors (Lipinski definition) is 2. The zero-order valence-corrected chi connectivity index (χ0v) is 11.9. The van der Waals surface area contributed by atoms with Gasteiger partial charge in [-0.1, -0.05) is 24.6 Å². The number of rotatable bonds is 3. The van der Waals surface area contributed by atoms with Gasteiger partial charge >= 0.3 is 5.97 Å². The highest BCUT2D eigenvalue weighted by molar-refractivity contribution is 6.32. The zero-order chi connectivity index (χ0) is 14.7. The number of hydrogen-bond donors (Lipinski definition) is 1. The molecule has 106 valence electrons. The van der Waals surface area contributed by atoms with E-state index in [2.05, 4.69) is 6.92 Å². The third-order valence-corrected chi connectivity index (χ3v) is 3.69. The Bertz CT molecular complexity index is 568. The summed E-state index contributed by atoms with van der Waals surface area (Å²) in [4.78, 5) is 24.6. The van der Waals surface area contributed by atoms with E-state index in [1.807, 2.05) is 4.90 Å². The van der Waals surface area contributed by atoms with E-state index in [1.165, 1.54) is 6.08 Å². The number of benzene rings is 1. The summed E-state index contributed by atoms with van der Waals surface area (Å²) >= 11 is 6.08. The molecule has 0 bridgehead atoms. The second kappa shape index (κ2) is 6.09. The fourth-order valence-electron chi connectivity index (χ4n) is 2.26. The van der Waals surface area contributed by atoms with Gasteiger partial charge in [-0.25, -0.2) is 4.79 Å². The second-order valence-corrected chi connectivity index (χ2v) is 5.46. The molecule has 1 heterocycles. The summed E-state index contributed by atoms with van der Waals surface area (Å²) in [5.41, 5.74) is 1.12. The van der Waals surface area contributed by atoms with Crippen LogP contribution in [0.15, 0.2) is 24.3 Å². The number of amides is 1. The first-order valence-electron chi connectivity index (χ1n) is 6.47. The highest BCUT2D eigenvalue weighted by atomic mass is 35.5. The predicted molar refractivity (Wildman–Crippen MR) is 77.8 cm³/mol. The average molecular weight is 294 g/mol. The predicted octanol–water partition coefficient (Wildman–Crippen LogP) is 2.92. The third kappa shape index (κ3) is 3.39. The SMILES string of the molecule is CC1CCN(C(=O)c2ccc(/C=C/C(=O)O)c(Cl)c2)C1. The first kappa shape index (κ1) is 14.6. The number of aliphatic carboxylic acids is 1. The molecule has 0 radical (unpaired) electrons. The Morgan fingerprint density at radius 1 is 1.45 bits per heavy atom. The maximum absolute atomic E-state index is 12.3. The third-order valence-electron chi connectivity index (χ3n) is 3.36. The summed E-state index contributed by atoms with van der Waals surface area (Å²) in [5, 5.41) is 8.96. The topological polar surface area (TPSA) is 57.6 Å². The molecule has 1 aliphatic rings. The molecule has 0 spiro atoms. The van der Waals surface area contributed by atoms with Crippen molar-refractivity contribution in [2.75, 3.05) is 13.1 Å². The molecule has 5 heteroatoms. The van der Waals surface area contributed by atoms with E-state index in [9.17, 15) is 9.59 Å². The molecule has 0 aromatic heterocycles. The summed E-state index contributed by atoms with van der Waals surface area (Å²) in [6, 6.07) is 4.93. The van der Waals surface area contributed by atoms with Gasteiger partial charge in [-0.2, -0.15) is 0 Å². The minimum atomic E-state index is -1.03. The number of halogens is 1. The van der Waals surface area contributed by atoms with E-state index >= 15 is 0 Å². The molecule has 1 aromatic rings. The Labute approximate surface area is 122 Å². The maximum Gasteiger partial charge on any atom is 0.328 e. The second-order valence-electron chi connectivity index (χ2n) is 5.05. The van der Waals surface area contributed by atoms with E-state index < -0.39 is 5.97 Å². The normalized spacial score (nSPS) is 18.7. The molecule has 1 aromatic carbocycles. The smallest absolute Gasteiger partial charge is 0.328 e.